The Morgan fingerprint density at radius 2 is 2.10 bits per heavy atom. The van der Waals surface area contributed by atoms with Gasteiger partial charge in [0.15, 0.2) is 0 Å². The van der Waals surface area contributed by atoms with Gasteiger partial charge in [0.2, 0.25) is 0 Å². The van der Waals surface area contributed by atoms with E-state index < -0.39 is 0 Å². The van der Waals surface area contributed by atoms with Crippen molar-refractivity contribution in [2.75, 3.05) is 33.4 Å². The number of hydrogen-bond acceptors (Lipinski definition) is 4. The van der Waals surface area contributed by atoms with Gasteiger partial charge in [0.25, 0.3) is 0 Å². The van der Waals surface area contributed by atoms with Crippen LogP contribution >= 0.6 is 0 Å². The van der Waals surface area contributed by atoms with E-state index in [1.54, 1.807) is 7.11 Å². The molecule has 1 aliphatic rings. The van der Waals surface area contributed by atoms with Gasteiger partial charge in [-0.25, -0.2) is 0 Å². The molecular weight excluding hydrogens is 252 g/mol. The number of piperidine rings is 1. The van der Waals surface area contributed by atoms with Crippen LogP contribution in [0.4, 0.5) is 0 Å². The summed E-state index contributed by atoms with van der Waals surface area (Å²) in [5, 5.41) is 0. The number of nitrogens with two attached hydrogens (primary N) is 1. The van der Waals surface area contributed by atoms with E-state index in [0.29, 0.717) is 12.6 Å². The van der Waals surface area contributed by atoms with E-state index in [4.69, 9.17) is 15.2 Å². The van der Waals surface area contributed by atoms with E-state index in [9.17, 15) is 0 Å². The predicted octanol–water partition coefficient (Wildman–Crippen LogP) is 2.02. The molecule has 0 saturated carbocycles. The third-order valence-corrected chi connectivity index (χ3v) is 3.78. The van der Waals surface area contributed by atoms with Gasteiger partial charge in [0.1, 0.15) is 5.75 Å². The normalized spacial score (nSPS) is 17.3. The Labute approximate surface area is 121 Å². The Morgan fingerprint density at radius 1 is 1.30 bits per heavy atom. The molecule has 1 aliphatic heterocycles. The van der Waals surface area contributed by atoms with E-state index in [-0.39, 0.29) is 0 Å². The molecule has 2 N–H and O–H groups in total. The summed E-state index contributed by atoms with van der Waals surface area (Å²) in [6.45, 7) is 4.72. The summed E-state index contributed by atoms with van der Waals surface area (Å²) in [4.78, 5) is 2.48. The first kappa shape index (κ1) is 15.3. The molecule has 2 rings (SSSR count). The zero-order chi connectivity index (χ0) is 14.2. The minimum Gasteiger partial charge on any atom is -0.497 e. The number of hydrogen-bond donors (Lipinski definition) is 1. The van der Waals surface area contributed by atoms with Gasteiger partial charge in [-0.2, -0.15) is 0 Å². The van der Waals surface area contributed by atoms with E-state index in [1.807, 2.05) is 6.07 Å². The quantitative estimate of drug-likeness (QED) is 0.775. The highest BCUT2D eigenvalue weighted by Gasteiger charge is 2.19. The van der Waals surface area contributed by atoms with Crippen molar-refractivity contribution in [1.82, 2.24) is 4.90 Å². The predicted molar refractivity (Wildman–Crippen MR) is 80.9 cm³/mol. The smallest absolute Gasteiger partial charge is 0.119 e. The Balaban J connectivity index is 1.73. The van der Waals surface area contributed by atoms with Crippen molar-refractivity contribution < 1.29 is 9.47 Å². The fourth-order valence-corrected chi connectivity index (χ4v) is 2.60. The SMILES string of the molecule is COc1cccc(CN2CCC(OCCCN)CC2)c1. The van der Waals surface area contributed by atoms with Crippen molar-refractivity contribution >= 4 is 0 Å². The number of benzene rings is 1. The van der Waals surface area contributed by atoms with Crippen LogP contribution in [-0.2, 0) is 11.3 Å². The summed E-state index contributed by atoms with van der Waals surface area (Å²) >= 11 is 0. The fraction of sp³-hybridized carbons (Fsp3) is 0.625. The molecule has 4 nitrogen and oxygen atoms in total. The standard InChI is InChI=1S/C16H26N2O2/c1-19-16-5-2-4-14(12-16)13-18-9-6-15(7-10-18)20-11-3-8-17/h2,4-5,12,15H,3,6-11,13,17H2,1H3. The summed E-state index contributed by atoms with van der Waals surface area (Å²) in [5.41, 5.74) is 6.79. The first-order valence-corrected chi connectivity index (χ1v) is 7.49. The van der Waals surface area contributed by atoms with Crippen LogP contribution in [0.3, 0.4) is 0 Å². The van der Waals surface area contributed by atoms with Crippen molar-refractivity contribution in [1.29, 1.82) is 0 Å². The van der Waals surface area contributed by atoms with Crippen LogP contribution in [0.2, 0.25) is 0 Å². The van der Waals surface area contributed by atoms with Gasteiger partial charge in [0.05, 0.1) is 13.2 Å². The molecule has 1 aromatic rings. The zero-order valence-electron chi connectivity index (χ0n) is 12.4. The van der Waals surface area contributed by atoms with Gasteiger partial charge in [-0.15, -0.1) is 0 Å². The highest BCUT2D eigenvalue weighted by Crippen LogP contribution is 2.18. The van der Waals surface area contributed by atoms with Crippen LogP contribution in [0.1, 0.15) is 24.8 Å². The van der Waals surface area contributed by atoms with Crippen molar-refractivity contribution in [3.05, 3.63) is 29.8 Å². The van der Waals surface area contributed by atoms with E-state index in [1.165, 1.54) is 5.56 Å². The van der Waals surface area contributed by atoms with Crippen molar-refractivity contribution in [3.63, 3.8) is 0 Å². The van der Waals surface area contributed by atoms with Gasteiger partial charge in [0, 0.05) is 26.2 Å². The molecule has 0 aromatic heterocycles. The number of nitrogens with zero attached hydrogens (tertiary/aromatic N) is 1. The molecule has 0 unspecified atom stereocenters. The molecule has 112 valence electrons. The molecule has 4 heteroatoms. The molecule has 0 radical (unpaired) electrons. The maximum atomic E-state index is 5.83. The molecule has 1 heterocycles. The Kier molecular flexibility index (Phi) is 6.30. The van der Waals surface area contributed by atoms with Crippen LogP contribution in [-0.4, -0.2) is 44.4 Å². The van der Waals surface area contributed by atoms with Gasteiger partial charge in [-0.1, -0.05) is 12.1 Å². The molecule has 0 aliphatic carbocycles. The fourth-order valence-electron chi connectivity index (χ4n) is 2.60. The van der Waals surface area contributed by atoms with Gasteiger partial charge >= 0.3 is 0 Å². The van der Waals surface area contributed by atoms with Crippen LogP contribution in [0.15, 0.2) is 24.3 Å². The van der Waals surface area contributed by atoms with Gasteiger partial charge in [-0.05, 0) is 43.5 Å². The Morgan fingerprint density at radius 3 is 2.80 bits per heavy atom. The molecule has 1 fully saturated rings. The molecule has 1 saturated heterocycles. The van der Waals surface area contributed by atoms with Gasteiger partial charge < -0.3 is 15.2 Å². The number of likely N-dealkylation sites (tertiary alicyclic amines) is 1. The lowest BCUT2D eigenvalue weighted by atomic mass is 10.1. The third-order valence-electron chi connectivity index (χ3n) is 3.78. The van der Waals surface area contributed by atoms with Crippen molar-refractivity contribution in [2.45, 2.75) is 31.9 Å². The molecule has 20 heavy (non-hydrogen) atoms. The topological polar surface area (TPSA) is 47.7 Å². The second-order valence-electron chi connectivity index (χ2n) is 5.34. The van der Waals surface area contributed by atoms with E-state index in [2.05, 4.69) is 23.1 Å². The Hall–Kier alpha value is -1.10. The van der Waals surface area contributed by atoms with Crippen LogP contribution in [0.5, 0.6) is 5.75 Å². The van der Waals surface area contributed by atoms with Crippen molar-refractivity contribution in [2.24, 2.45) is 5.73 Å². The molecule has 1 aromatic carbocycles. The lowest BCUT2D eigenvalue weighted by Gasteiger charge is -2.32. The van der Waals surface area contributed by atoms with Crippen molar-refractivity contribution in [3.8, 4) is 5.75 Å². The summed E-state index contributed by atoms with van der Waals surface area (Å²) in [6.07, 6.45) is 3.62. The average Bonchev–Trinajstić information content (AvgIpc) is 2.49. The number of ether oxygens (including phenoxy) is 2. The third kappa shape index (κ3) is 4.78. The maximum absolute atomic E-state index is 5.83. The minimum absolute atomic E-state index is 0.420. The average molecular weight is 278 g/mol. The zero-order valence-corrected chi connectivity index (χ0v) is 12.4. The van der Waals surface area contributed by atoms with Crippen LogP contribution in [0.25, 0.3) is 0 Å². The lowest BCUT2D eigenvalue weighted by Crippen LogP contribution is -2.36. The molecule has 0 spiro atoms. The summed E-state index contributed by atoms with van der Waals surface area (Å²) in [6, 6.07) is 8.31. The Bertz CT molecular complexity index is 390. The van der Waals surface area contributed by atoms with Gasteiger partial charge in [-0.3, -0.25) is 4.90 Å². The minimum atomic E-state index is 0.420. The first-order valence-electron chi connectivity index (χ1n) is 7.49. The number of methoxy groups -OCH3 is 1. The lowest BCUT2D eigenvalue weighted by molar-refractivity contribution is 0.00562. The second-order valence-corrected chi connectivity index (χ2v) is 5.34. The molecular formula is C16H26N2O2. The molecule has 0 amide bonds. The summed E-state index contributed by atoms with van der Waals surface area (Å²) in [5.74, 6) is 0.933. The summed E-state index contributed by atoms with van der Waals surface area (Å²) in [7, 11) is 1.71. The summed E-state index contributed by atoms with van der Waals surface area (Å²) < 4.78 is 11.1. The number of rotatable bonds is 7. The van der Waals surface area contributed by atoms with E-state index in [0.717, 1.165) is 51.3 Å². The van der Waals surface area contributed by atoms with Crippen LogP contribution in [0, 0.1) is 0 Å². The highest BCUT2D eigenvalue weighted by molar-refractivity contribution is 5.28. The van der Waals surface area contributed by atoms with E-state index >= 15 is 0 Å². The second kappa shape index (κ2) is 8.25. The molecule has 0 bridgehead atoms. The highest BCUT2D eigenvalue weighted by atomic mass is 16.5. The molecule has 0 atom stereocenters. The monoisotopic (exact) mass is 278 g/mol. The maximum Gasteiger partial charge on any atom is 0.119 e. The van der Waals surface area contributed by atoms with Crippen LogP contribution < -0.4 is 10.5 Å². The first-order chi connectivity index (χ1) is 9.81. The largest absolute Gasteiger partial charge is 0.497 e.